The van der Waals surface area contributed by atoms with Gasteiger partial charge in [-0.2, -0.15) is 10.5 Å². The molecule has 0 aliphatic carbocycles. The van der Waals surface area contributed by atoms with Crippen LogP contribution in [0.4, 0.5) is 0 Å². The van der Waals surface area contributed by atoms with Gasteiger partial charge in [-0.3, -0.25) is 19.3 Å². The van der Waals surface area contributed by atoms with E-state index in [1.807, 2.05) is 6.07 Å². The van der Waals surface area contributed by atoms with Crippen LogP contribution < -0.4 is 11.2 Å². The van der Waals surface area contributed by atoms with E-state index >= 15 is 0 Å². The molecule has 0 amide bonds. The predicted molar refractivity (Wildman–Crippen MR) is 128 cm³/mol. The molecule has 35 heavy (non-hydrogen) atoms. The molecule has 0 radical (unpaired) electrons. The highest BCUT2D eigenvalue weighted by Gasteiger charge is 2.20. The maximum Gasteiger partial charge on any atom is 0.333 e. The van der Waals surface area contributed by atoms with Crippen LogP contribution in [0.15, 0.2) is 64.6 Å². The third-order valence-electron chi connectivity index (χ3n) is 5.75. The van der Waals surface area contributed by atoms with Crippen LogP contribution in [0.2, 0.25) is 0 Å². The Kier molecular flexibility index (Phi) is 4.92. The first-order valence-electron chi connectivity index (χ1n) is 10.5. The van der Waals surface area contributed by atoms with Crippen molar-refractivity contribution in [2.24, 2.45) is 0 Å². The van der Waals surface area contributed by atoms with Crippen molar-refractivity contribution in [3.63, 3.8) is 0 Å². The van der Waals surface area contributed by atoms with Crippen molar-refractivity contribution >= 4 is 21.9 Å². The normalized spacial score (nSPS) is 11.3. The Labute approximate surface area is 197 Å². The van der Waals surface area contributed by atoms with Gasteiger partial charge in [-0.15, -0.1) is 0 Å². The van der Waals surface area contributed by atoms with Gasteiger partial charge < -0.3 is 0 Å². The molecule has 10 heteroatoms. The molecule has 0 spiro atoms. The number of aromatic nitrogens is 6. The summed E-state index contributed by atoms with van der Waals surface area (Å²) < 4.78 is 1.37. The topological polar surface area (TPSA) is 154 Å². The van der Waals surface area contributed by atoms with E-state index in [-0.39, 0.29) is 11.2 Å². The maximum atomic E-state index is 13.0. The highest BCUT2D eigenvalue weighted by atomic mass is 16.2. The molecule has 4 heterocycles. The lowest BCUT2D eigenvalue weighted by Gasteiger charge is -2.17. The summed E-state index contributed by atoms with van der Waals surface area (Å²) in [5, 5.41) is 18.6. The van der Waals surface area contributed by atoms with Crippen LogP contribution in [0, 0.1) is 22.7 Å². The summed E-state index contributed by atoms with van der Waals surface area (Å²) in [6, 6.07) is 14.6. The number of H-pyrrole nitrogens is 1. The zero-order valence-corrected chi connectivity index (χ0v) is 18.6. The molecule has 0 atom stereocenters. The quantitative estimate of drug-likeness (QED) is 0.403. The molecule has 0 aliphatic rings. The minimum absolute atomic E-state index is 0.0325. The highest BCUT2D eigenvalue weighted by molar-refractivity contribution is 6.01. The molecule has 0 saturated heterocycles. The van der Waals surface area contributed by atoms with Crippen LogP contribution in [0.25, 0.3) is 38.9 Å². The van der Waals surface area contributed by atoms with Gasteiger partial charge >= 0.3 is 5.69 Å². The Hall–Kier alpha value is -5.22. The van der Waals surface area contributed by atoms with E-state index in [9.17, 15) is 14.9 Å². The molecular formula is C25H16N8O2. The summed E-state index contributed by atoms with van der Waals surface area (Å²) >= 11 is 0. The Bertz CT molecular complexity index is 1820. The highest BCUT2D eigenvalue weighted by Crippen LogP contribution is 2.27. The van der Waals surface area contributed by atoms with Crippen molar-refractivity contribution in [2.45, 2.75) is 19.3 Å². The standard InChI is InChI=1S/C25H16N8O2/c1-25(2,13-27)15-3-5-16(6-4-15)33-22-17(23(34)32-24(33)35)12-28-19-8-7-18(31-21(19)22)14-10-29-20(9-26)30-11-14/h3-8,10-12H,1-2H3,(H,32,34,35). The van der Waals surface area contributed by atoms with Gasteiger partial charge in [-0.05, 0) is 43.7 Å². The number of nitrogens with one attached hydrogen (secondary N) is 1. The van der Waals surface area contributed by atoms with Crippen molar-refractivity contribution in [1.82, 2.24) is 29.5 Å². The number of pyridine rings is 2. The van der Waals surface area contributed by atoms with Crippen molar-refractivity contribution < 1.29 is 0 Å². The van der Waals surface area contributed by atoms with Gasteiger partial charge in [-0.25, -0.2) is 19.7 Å². The van der Waals surface area contributed by atoms with Gasteiger partial charge in [0.15, 0.2) is 0 Å². The number of fused-ring (bicyclic) bond motifs is 3. The van der Waals surface area contributed by atoms with Crippen LogP contribution >= 0.6 is 0 Å². The van der Waals surface area contributed by atoms with Crippen LogP contribution in [-0.4, -0.2) is 29.5 Å². The summed E-state index contributed by atoms with van der Waals surface area (Å²) in [6.45, 7) is 3.61. The van der Waals surface area contributed by atoms with Crippen molar-refractivity contribution in [3.05, 3.63) is 87.2 Å². The second-order valence-electron chi connectivity index (χ2n) is 8.37. The average Bonchev–Trinajstić information content (AvgIpc) is 2.88. The Morgan fingerprint density at radius 2 is 1.66 bits per heavy atom. The number of nitriles is 2. The van der Waals surface area contributed by atoms with Gasteiger partial charge in [-0.1, -0.05) is 12.1 Å². The molecule has 0 fully saturated rings. The smallest absolute Gasteiger partial charge is 0.273 e. The number of nitrogens with zero attached hydrogens (tertiary/aromatic N) is 7. The van der Waals surface area contributed by atoms with Crippen LogP contribution in [0.1, 0.15) is 25.2 Å². The molecule has 5 aromatic rings. The van der Waals surface area contributed by atoms with Crippen LogP contribution in [0.3, 0.4) is 0 Å². The number of aromatic amines is 1. The number of rotatable bonds is 3. The molecular weight excluding hydrogens is 444 g/mol. The zero-order chi connectivity index (χ0) is 24.7. The minimum Gasteiger partial charge on any atom is -0.273 e. The van der Waals surface area contributed by atoms with Gasteiger partial charge in [0.05, 0.1) is 39.3 Å². The first-order chi connectivity index (χ1) is 16.8. The lowest BCUT2D eigenvalue weighted by molar-refractivity contribution is 0.686. The molecule has 1 N–H and O–H groups in total. The predicted octanol–water partition coefficient (Wildman–Crippen LogP) is 2.75. The van der Waals surface area contributed by atoms with Gasteiger partial charge in [0.25, 0.3) is 5.56 Å². The second-order valence-corrected chi connectivity index (χ2v) is 8.37. The Morgan fingerprint density at radius 1 is 0.943 bits per heavy atom. The SMILES string of the molecule is CC(C)(C#N)c1ccc(-n2c(=O)[nH]c(=O)c3cnc4ccc(-c5cnc(C#N)nc5)nc4c32)cc1. The number of hydrogen-bond acceptors (Lipinski definition) is 8. The maximum absolute atomic E-state index is 13.0. The minimum atomic E-state index is -0.702. The van der Waals surface area contributed by atoms with Gasteiger partial charge in [0.2, 0.25) is 5.82 Å². The molecule has 0 saturated carbocycles. The van der Waals surface area contributed by atoms with Gasteiger partial charge in [0.1, 0.15) is 11.6 Å². The van der Waals surface area contributed by atoms with E-state index in [2.05, 4.69) is 31.0 Å². The number of benzene rings is 1. The Balaban J connectivity index is 1.80. The zero-order valence-electron chi connectivity index (χ0n) is 18.6. The van der Waals surface area contributed by atoms with Crippen molar-refractivity contribution in [3.8, 4) is 29.1 Å². The largest absolute Gasteiger partial charge is 0.333 e. The van der Waals surface area contributed by atoms with E-state index in [0.717, 1.165) is 5.56 Å². The van der Waals surface area contributed by atoms with Gasteiger partial charge in [0, 0.05) is 24.2 Å². The average molecular weight is 460 g/mol. The fourth-order valence-corrected chi connectivity index (χ4v) is 3.78. The molecule has 1 aromatic carbocycles. The monoisotopic (exact) mass is 460 g/mol. The lowest BCUT2D eigenvalue weighted by Crippen LogP contribution is -2.29. The first kappa shape index (κ1) is 21.6. The summed E-state index contributed by atoms with van der Waals surface area (Å²) in [5.74, 6) is 0.0325. The molecule has 10 nitrogen and oxygen atoms in total. The summed E-state index contributed by atoms with van der Waals surface area (Å²) in [6.07, 6.45) is 4.37. The summed E-state index contributed by atoms with van der Waals surface area (Å²) in [5.41, 5.74) is 1.55. The Morgan fingerprint density at radius 3 is 2.31 bits per heavy atom. The second kappa shape index (κ2) is 7.97. The fraction of sp³-hybridized carbons (Fsp3) is 0.120. The van der Waals surface area contributed by atoms with Crippen molar-refractivity contribution in [2.75, 3.05) is 0 Å². The van der Waals surface area contributed by atoms with E-state index in [1.165, 1.54) is 23.2 Å². The fourth-order valence-electron chi connectivity index (χ4n) is 3.78. The molecule has 0 unspecified atom stereocenters. The number of hydrogen-bond donors (Lipinski definition) is 1. The van der Waals surface area contributed by atoms with Crippen LogP contribution in [-0.2, 0) is 5.41 Å². The van der Waals surface area contributed by atoms with Crippen LogP contribution in [0.5, 0.6) is 0 Å². The third-order valence-corrected chi connectivity index (χ3v) is 5.75. The van der Waals surface area contributed by atoms with Crippen molar-refractivity contribution in [1.29, 1.82) is 10.5 Å². The molecule has 4 aromatic heterocycles. The lowest BCUT2D eigenvalue weighted by atomic mass is 9.86. The third kappa shape index (κ3) is 3.59. The first-order valence-corrected chi connectivity index (χ1v) is 10.5. The van der Waals surface area contributed by atoms with E-state index in [4.69, 9.17) is 5.26 Å². The summed E-state index contributed by atoms with van der Waals surface area (Å²) in [7, 11) is 0. The van der Waals surface area contributed by atoms with E-state index in [0.29, 0.717) is 33.5 Å². The molecule has 0 bridgehead atoms. The summed E-state index contributed by atoms with van der Waals surface area (Å²) in [4.78, 5) is 45.0. The molecule has 0 aliphatic heterocycles. The molecule has 168 valence electrons. The van der Waals surface area contributed by atoms with E-state index < -0.39 is 16.7 Å². The molecule has 5 rings (SSSR count). The van der Waals surface area contributed by atoms with E-state index in [1.54, 1.807) is 50.2 Å².